The molecule has 2 aliphatic rings. The number of ether oxygens (including phenoxy) is 2. The highest BCUT2D eigenvalue weighted by atomic mass is 32.1. The van der Waals surface area contributed by atoms with Gasteiger partial charge in [-0.2, -0.15) is 13.2 Å². The summed E-state index contributed by atoms with van der Waals surface area (Å²) < 4.78 is 57.3. The van der Waals surface area contributed by atoms with E-state index in [0.717, 1.165) is 36.6 Å². The molecule has 3 atom stereocenters. The van der Waals surface area contributed by atoms with Gasteiger partial charge >= 0.3 is 12.1 Å². The molecule has 2 aromatic heterocycles. The van der Waals surface area contributed by atoms with Crippen molar-refractivity contribution in [3.63, 3.8) is 0 Å². The van der Waals surface area contributed by atoms with Crippen molar-refractivity contribution in [2.24, 2.45) is 0 Å². The van der Waals surface area contributed by atoms with Gasteiger partial charge in [-0.3, -0.25) is 4.90 Å². The summed E-state index contributed by atoms with van der Waals surface area (Å²) in [7, 11) is 0. The molecule has 1 aliphatic carbocycles. The zero-order valence-electron chi connectivity index (χ0n) is 16.5. The van der Waals surface area contributed by atoms with Gasteiger partial charge in [-0.25, -0.2) is 19.2 Å². The summed E-state index contributed by atoms with van der Waals surface area (Å²) in [4.78, 5) is 19.9. The normalized spacial score (nSPS) is 23.6. The number of halogens is 4. The van der Waals surface area contributed by atoms with E-state index in [1.807, 2.05) is 6.92 Å². The maximum atomic E-state index is 13.8. The molecule has 2 fully saturated rings. The van der Waals surface area contributed by atoms with Gasteiger partial charge in [0.1, 0.15) is 12.2 Å². The Morgan fingerprint density at radius 3 is 2.77 bits per heavy atom. The second kappa shape index (κ2) is 9.88. The number of carboxylic acids is 1. The Hall–Kier alpha value is -2.31. The SMILES string of the molecule is Cc1nc(CN2CCO[C@H]3[C@H](Oc4ncccc4F)CC[C@@H]32)cs1.O=C(O)C(F)(F)F. The van der Waals surface area contributed by atoms with Crippen LogP contribution in [-0.4, -0.2) is 63.5 Å². The summed E-state index contributed by atoms with van der Waals surface area (Å²) in [6.07, 6.45) is -1.91. The van der Waals surface area contributed by atoms with E-state index >= 15 is 0 Å². The number of hydrogen-bond donors (Lipinski definition) is 1. The fourth-order valence-electron chi connectivity index (χ4n) is 3.60. The van der Waals surface area contributed by atoms with Crippen LogP contribution in [0.5, 0.6) is 5.88 Å². The van der Waals surface area contributed by atoms with E-state index in [1.165, 1.54) is 6.07 Å². The molecule has 12 heteroatoms. The van der Waals surface area contributed by atoms with Crippen molar-refractivity contribution < 1.29 is 36.9 Å². The van der Waals surface area contributed by atoms with Crippen molar-refractivity contribution in [1.29, 1.82) is 0 Å². The number of carbonyl (C=O) groups is 1. The van der Waals surface area contributed by atoms with Gasteiger partial charge in [0.25, 0.3) is 5.88 Å². The van der Waals surface area contributed by atoms with Crippen LogP contribution in [0.15, 0.2) is 23.7 Å². The van der Waals surface area contributed by atoms with Crippen LogP contribution in [0.25, 0.3) is 0 Å². The first kappa shape index (κ1) is 23.4. The molecule has 1 N–H and O–H groups in total. The topological polar surface area (TPSA) is 84.8 Å². The Labute approximate surface area is 179 Å². The Morgan fingerprint density at radius 1 is 1.42 bits per heavy atom. The molecule has 1 aliphatic heterocycles. The van der Waals surface area contributed by atoms with E-state index in [-0.39, 0.29) is 24.1 Å². The number of pyridine rings is 1. The second-order valence-electron chi connectivity index (χ2n) is 7.06. The highest BCUT2D eigenvalue weighted by molar-refractivity contribution is 7.09. The van der Waals surface area contributed by atoms with Crippen molar-refractivity contribution >= 4 is 17.3 Å². The number of aliphatic carboxylic acids is 1. The molecule has 0 unspecified atom stereocenters. The third-order valence-electron chi connectivity index (χ3n) is 4.91. The Morgan fingerprint density at radius 2 is 2.16 bits per heavy atom. The molecule has 31 heavy (non-hydrogen) atoms. The predicted molar refractivity (Wildman–Crippen MR) is 102 cm³/mol. The van der Waals surface area contributed by atoms with E-state index in [2.05, 4.69) is 20.2 Å². The van der Waals surface area contributed by atoms with Gasteiger partial charge < -0.3 is 14.6 Å². The second-order valence-corrected chi connectivity index (χ2v) is 8.12. The van der Waals surface area contributed by atoms with E-state index < -0.39 is 18.0 Å². The molecular weight excluding hydrogens is 442 g/mol. The maximum absolute atomic E-state index is 13.8. The lowest BCUT2D eigenvalue weighted by molar-refractivity contribution is -0.192. The third kappa shape index (κ3) is 6.11. The molecular formula is C19H21F4N3O4S. The van der Waals surface area contributed by atoms with Crippen LogP contribution in [0.4, 0.5) is 17.6 Å². The number of alkyl halides is 3. The zero-order chi connectivity index (χ0) is 22.6. The summed E-state index contributed by atoms with van der Waals surface area (Å²) >= 11 is 1.68. The van der Waals surface area contributed by atoms with Gasteiger partial charge in [0.15, 0.2) is 5.82 Å². The minimum atomic E-state index is -5.08. The number of hydrogen-bond acceptors (Lipinski definition) is 7. The summed E-state index contributed by atoms with van der Waals surface area (Å²) in [5, 5.41) is 10.3. The van der Waals surface area contributed by atoms with E-state index in [4.69, 9.17) is 19.4 Å². The van der Waals surface area contributed by atoms with Crippen LogP contribution in [0.2, 0.25) is 0 Å². The Bertz CT molecular complexity index is 895. The summed E-state index contributed by atoms with van der Waals surface area (Å²) in [5.41, 5.74) is 1.11. The van der Waals surface area contributed by atoms with Gasteiger partial charge in [0.05, 0.1) is 17.3 Å². The smallest absolute Gasteiger partial charge is 0.475 e. The maximum Gasteiger partial charge on any atom is 0.490 e. The monoisotopic (exact) mass is 463 g/mol. The van der Waals surface area contributed by atoms with Crippen LogP contribution in [-0.2, 0) is 16.1 Å². The number of aryl methyl sites for hydroxylation is 1. The standard InChI is InChI=1S/C17H20FN3O2S.C2HF3O2/c1-11-20-12(10-24-11)9-21-7-8-22-16-14(21)4-5-15(16)23-17-13(18)3-2-6-19-17;3-2(4,5)1(6)7/h2-3,6,10,14-16H,4-5,7-9H2,1H3;(H,6,7)/t14-,15+,16+;/m0./s1. The lowest BCUT2D eigenvalue weighted by atomic mass is 10.1. The third-order valence-corrected chi connectivity index (χ3v) is 5.73. The number of aromatic nitrogens is 2. The summed E-state index contributed by atoms with van der Waals surface area (Å²) in [5.74, 6) is -3.11. The quantitative estimate of drug-likeness (QED) is 0.696. The van der Waals surface area contributed by atoms with Gasteiger partial charge in [-0.15, -0.1) is 11.3 Å². The van der Waals surface area contributed by atoms with E-state index in [1.54, 1.807) is 23.6 Å². The van der Waals surface area contributed by atoms with Crippen LogP contribution in [0, 0.1) is 12.7 Å². The van der Waals surface area contributed by atoms with Gasteiger partial charge in [0, 0.05) is 30.7 Å². The molecule has 2 aromatic rings. The fraction of sp³-hybridized carbons (Fsp3) is 0.526. The van der Waals surface area contributed by atoms with Crippen LogP contribution < -0.4 is 4.74 Å². The van der Waals surface area contributed by atoms with Crippen molar-refractivity contribution in [2.45, 2.75) is 50.7 Å². The first-order chi connectivity index (χ1) is 14.6. The van der Waals surface area contributed by atoms with Gasteiger partial charge in [-0.05, 0) is 31.9 Å². The summed E-state index contributed by atoms with van der Waals surface area (Å²) in [6, 6.07) is 3.22. The minimum absolute atomic E-state index is 0.0418. The Kier molecular flexibility index (Phi) is 7.44. The molecule has 0 bridgehead atoms. The first-order valence-electron chi connectivity index (χ1n) is 9.49. The van der Waals surface area contributed by atoms with Crippen molar-refractivity contribution in [3.05, 3.63) is 40.2 Å². The fourth-order valence-corrected chi connectivity index (χ4v) is 4.21. The number of fused-ring (bicyclic) bond motifs is 1. The predicted octanol–water partition coefficient (Wildman–Crippen LogP) is 3.43. The van der Waals surface area contributed by atoms with E-state index in [9.17, 15) is 17.6 Å². The Balaban J connectivity index is 0.000000339. The van der Waals surface area contributed by atoms with Crippen LogP contribution in [0.3, 0.4) is 0 Å². The average Bonchev–Trinajstić information content (AvgIpc) is 3.30. The lowest BCUT2D eigenvalue weighted by Gasteiger charge is -2.38. The molecule has 3 heterocycles. The zero-order valence-corrected chi connectivity index (χ0v) is 17.3. The van der Waals surface area contributed by atoms with E-state index in [0.29, 0.717) is 6.61 Å². The molecule has 4 rings (SSSR count). The average molecular weight is 463 g/mol. The molecule has 7 nitrogen and oxygen atoms in total. The van der Waals surface area contributed by atoms with Gasteiger partial charge in [0.2, 0.25) is 0 Å². The number of morpholine rings is 1. The molecule has 1 saturated carbocycles. The highest BCUT2D eigenvalue weighted by Gasteiger charge is 2.44. The number of rotatable bonds is 4. The largest absolute Gasteiger partial charge is 0.490 e. The van der Waals surface area contributed by atoms with Crippen molar-refractivity contribution in [2.75, 3.05) is 13.2 Å². The van der Waals surface area contributed by atoms with Crippen molar-refractivity contribution in [1.82, 2.24) is 14.9 Å². The number of thiazole rings is 1. The molecule has 1 saturated heterocycles. The minimum Gasteiger partial charge on any atom is -0.475 e. The van der Waals surface area contributed by atoms with Crippen molar-refractivity contribution in [3.8, 4) is 5.88 Å². The van der Waals surface area contributed by atoms with Crippen LogP contribution in [0.1, 0.15) is 23.5 Å². The molecule has 170 valence electrons. The molecule has 0 spiro atoms. The molecule has 0 amide bonds. The van der Waals surface area contributed by atoms with Gasteiger partial charge in [-0.1, -0.05) is 0 Å². The number of carboxylic acid groups (broad SMARTS) is 1. The lowest BCUT2D eigenvalue weighted by Crippen LogP contribution is -2.51. The van der Waals surface area contributed by atoms with Crippen LogP contribution >= 0.6 is 11.3 Å². The molecule has 0 radical (unpaired) electrons. The molecule has 0 aromatic carbocycles. The highest BCUT2D eigenvalue weighted by Crippen LogP contribution is 2.34. The number of nitrogens with zero attached hydrogens (tertiary/aromatic N) is 3. The first-order valence-corrected chi connectivity index (χ1v) is 10.4. The summed E-state index contributed by atoms with van der Waals surface area (Å²) in [6.45, 7) is 4.41.